The van der Waals surface area contributed by atoms with Gasteiger partial charge in [0.1, 0.15) is 10.9 Å². The SMILES string of the molecule is C[C@H](NS(=O)(=O)c1cnn(C2CCOC2)c1)C(=O)O. The third-order valence-corrected chi connectivity index (χ3v) is 4.37. The number of ether oxygens (including phenoxy) is 1. The Balaban J connectivity index is 2.14. The first-order chi connectivity index (χ1) is 8.90. The number of rotatable bonds is 5. The minimum atomic E-state index is -3.87. The minimum absolute atomic E-state index is 0.0286. The van der Waals surface area contributed by atoms with Crippen LogP contribution < -0.4 is 4.72 Å². The first-order valence-corrected chi connectivity index (χ1v) is 7.25. The standard InChI is InChI=1S/C10H15N3O5S/c1-7(10(14)15)12-19(16,17)9-4-11-13(5-9)8-2-3-18-6-8/h4-5,7-8,12H,2-3,6H2,1H3,(H,14,15)/t7-,8?/m0/s1. The maximum atomic E-state index is 11.9. The summed E-state index contributed by atoms with van der Waals surface area (Å²) in [5, 5.41) is 12.7. The van der Waals surface area contributed by atoms with Gasteiger partial charge in [-0.15, -0.1) is 0 Å². The van der Waals surface area contributed by atoms with E-state index in [1.165, 1.54) is 24.0 Å². The van der Waals surface area contributed by atoms with Gasteiger partial charge in [-0.05, 0) is 13.3 Å². The number of aromatic nitrogens is 2. The summed E-state index contributed by atoms with van der Waals surface area (Å²) in [4.78, 5) is 10.6. The molecule has 0 aromatic carbocycles. The molecule has 2 rings (SSSR count). The van der Waals surface area contributed by atoms with Crippen molar-refractivity contribution in [3.05, 3.63) is 12.4 Å². The second-order valence-corrected chi connectivity index (χ2v) is 6.07. The lowest BCUT2D eigenvalue weighted by Crippen LogP contribution is -2.38. The third kappa shape index (κ3) is 3.11. The molecule has 0 amide bonds. The van der Waals surface area contributed by atoms with Crippen molar-refractivity contribution < 1.29 is 23.1 Å². The molecule has 8 nitrogen and oxygen atoms in total. The Hall–Kier alpha value is -1.45. The Morgan fingerprint density at radius 1 is 1.68 bits per heavy atom. The van der Waals surface area contributed by atoms with Gasteiger partial charge in [-0.3, -0.25) is 9.48 Å². The summed E-state index contributed by atoms with van der Waals surface area (Å²) in [5.41, 5.74) is 0. The lowest BCUT2D eigenvalue weighted by molar-refractivity contribution is -0.138. The van der Waals surface area contributed by atoms with Crippen LogP contribution in [-0.2, 0) is 19.6 Å². The largest absolute Gasteiger partial charge is 0.480 e. The van der Waals surface area contributed by atoms with E-state index >= 15 is 0 Å². The van der Waals surface area contributed by atoms with Crippen molar-refractivity contribution in [3.8, 4) is 0 Å². The molecular weight excluding hydrogens is 274 g/mol. The second kappa shape index (κ2) is 5.27. The number of nitrogens with zero attached hydrogens (tertiary/aromatic N) is 2. The summed E-state index contributed by atoms with van der Waals surface area (Å²) in [5.74, 6) is -1.24. The van der Waals surface area contributed by atoms with Crippen molar-refractivity contribution in [2.24, 2.45) is 0 Å². The van der Waals surface area contributed by atoms with Crippen LogP contribution in [0.1, 0.15) is 19.4 Å². The van der Waals surface area contributed by atoms with E-state index in [-0.39, 0.29) is 10.9 Å². The van der Waals surface area contributed by atoms with Crippen molar-refractivity contribution in [1.82, 2.24) is 14.5 Å². The second-order valence-electron chi connectivity index (χ2n) is 4.35. The van der Waals surface area contributed by atoms with E-state index in [0.717, 1.165) is 6.42 Å². The van der Waals surface area contributed by atoms with E-state index in [9.17, 15) is 13.2 Å². The average molecular weight is 289 g/mol. The first kappa shape index (κ1) is 14.0. The molecule has 1 fully saturated rings. The van der Waals surface area contributed by atoms with Crippen LogP contribution in [0.2, 0.25) is 0 Å². The van der Waals surface area contributed by atoms with E-state index in [1.807, 2.05) is 0 Å². The molecular formula is C10H15N3O5S. The molecule has 1 unspecified atom stereocenters. The highest BCUT2D eigenvalue weighted by atomic mass is 32.2. The number of nitrogens with one attached hydrogen (secondary N) is 1. The van der Waals surface area contributed by atoms with E-state index in [1.54, 1.807) is 0 Å². The van der Waals surface area contributed by atoms with Crippen LogP contribution in [0.4, 0.5) is 0 Å². The van der Waals surface area contributed by atoms with Crippen LogP contribution in [-0.4, -0.2) is 48.5 Å². The molecule has 0 bridgehead atoms. The number of carboxylic acids is 1. The molecule has 2 atom stereocenters. The van der Waals surface area contributed by atoms with Crippen LogP contribution in [0, 0.1) is 0 Å². The number of aliphatic carboxylic acids is 1. The van der Waals surface area contributed by atoms with Gasteiger partial charge in [0.15, 0.2) is 0 Å². The highest BCUT2D eigenvalue weighted by Gasteiger charge is 2.25. The molecule has 0 aliphatic carbocycles. The zero-order chi connectivity index (χ0) is 14.0. The number of sulfonamides is 1. The Bertz CT molecular complexity index is 561. The fourth-order valence-corrected chi connectivity index (χ4v) is 2.88. The number of carbonyl (C=O) groups is 1. The molecule has 19 heavy (non-hydrogen) atoms. The fourth-order valence-electron chi connectivity index (χ4n) is 1.74. The van der Waals surface area contributed by atoms with Gasteiger partial charge in [-0.2, -0.15) is 9.82 Å². The Morgan fingerprint density at radius 3 is 3.00 bits per heavy atom. The molecule has 9 heteroatoms. The normalized spacial score (nSPS) is 21.4. The van der Waals surface area contributed by atoms with Crippen LogP contribution in [0.25, 0.3) is 0 Å². The van der Waals surface area contributed by atoms with Crippen molar-refractivity contribution in [3.63, 3.8) is 0 Å². The Kier molecular flexibility index (Phi) is 3.88. The summed E-state index contributed by atoms with van der Waals surface area (Å²) >= 11 is 0. The minimum Gasteiger partial charge on any atom is -0.480 e. The van der Waals surface area contributed by atoms with Crippen LogP contribution in [0.15, 0.2) is 17.3 Å². The number of hydrogen-bond acceptors (Lipinski definition) is 5. The predicted molar refractivity (Wildman–Crippen MR) is 64.1 cm³/mol. The Morgan fingerprint density at radius 2 is 2.42 bits per heavy atom. The van der Waals surface area contributed by atoms with Gasteiger partial charge >= 0.3 is 5.97 Å². The zero-order valence-corrected chi connectivity index (χ0v) is 11.1. The zero-order valence-electron chi connectivity index (χ0n) is 10.3. The van der Waals surface area contributed by atoms with Crippen LogP contribution in [0.3, 0.4) is 0 Å². The summed E-state index contributed by atoms with van der Waals surface area (Å²) in [7, 11) is -3.87. The van der Waals surface area contributed by atoms with Gasteiger partial charge < -0.3 is 9.84 Å². The molecule has 0 spiro atoms. The van der Waals surface area contributed by atoms with E-state index in [4.69, 9.17) is 9.84 Å². The highest BCUT2D eigenvalue weighted by Crippen LogP contribution is 2.19. The molecule has 0 radical (unpaired) electrons. The van der Waals surface area contributed by atoms with Gasteiger partial charge in [0, 0.05) is 12.8 Å². The molecule has 2 heterocycles. The maximum absolute atomic E-state index is 11.9. The molecule has 1 aliphatic heterocycles. The monoisotopic (exact) mass is 289 g/mol. The maximum Gasteiger partial charge on any atom is 0.321 e. The fraction of sp³-hybridized carbons (Fsp3) is 0.600. The summed E-state index contributed by atoms with van der Waals surface area (Å²) in [6, 6.07) is -1.16. The number of carboxylic acid groups (broad SMARTS) is 1. The third-order valence-electron chi connectivity index (χ3n) is 2.87. The van der Waals surface area contributed by atoms with E-state index < -0.39 is 22.0 Å². The molecule has 1 aromatic rings. The lowest BCUT2D eigenvalue weighted by Gasteiger charge is -2.09. The first-order valence-electron chi connectivity index (χ1n) is 5.77. The van der Waals surface area contributed by atoms with E-state index in [0.29, 0.717) is 13.2 Å². The smallest absolute Gasteiger partial charge is 0.321 e. The summed E-state index contributed by atoms with van der Waals surface area (Å²) < 4.78 is 32.6. The number of hydrogen-bond donors (Lipinski definition) is 2. The average Bonchev–Trinajstić information content (AvgIpc) is 2.99. The summed E-state index contributed by atoms with van der Waals surface area (Å²) in [6.45, 7) is 2.39. The lowest BCUT2D eigenvalue weighted by atomic mass is 10.3. The van der Waals surface area contributed by atoms with Crippen LogP contribution in [0.5, 0.6) is 0 Å². The Labute approximate surface area is 110 Å². The van der Waals surface area contributed by atoms with Crippen molar-refractivity contribution in [2.75, 3.05) is 13.2 Å². The van der Waals surface area contributed by atoms with Gasteiger partial charge in [0.05, 0.1) is 18.8 Å². The molecule has 1 saturated heterocycles. The van der Waals surface area contributed by atoms with Crippen LogP contribution >= 0.6 is 0 Å². The van der Waals surface area contributed by atoms with Gasteiger partial charge in [-0.25, -0.2) is 8.42 Å². The molecule has 1 aromatic heterocycles. The quantitative estimate of drug-likeness (QED) is 0.763. The molecule has 1 aliphatic rings. The topological polar surface area (TPSA) is 111 Å². The molecule has 106 valence electrons. The van der Waals surface area contributed by atoms with E-state index in [2.05, 4.69) is 9.82 Å². The van der Waals surface area contributed by atoms with Crippen molar-refractivity contribution in [2.45, 2.75) is 30.3 Å². The highest BCUT2D eigenvalue weighted by molar-refractivity contribution is 7.89. The summed E-state index contributed by atoms with van der Waals surface area (Å²) in [6.07, 6.45) is 3.37. The molecule has 2 N–H and O–H groups in total. The predicted octanol–water partition coefficient (Wildman–Crippen LogP) is -0.404. The van der Waals surface area contributed by atoms with Crippen molar-refractivity contribution >= 4 is 16.0 Å². The van der Waals surface area contributed by atoms with Gasteiger partial charge in [0.25, 0.3) is 0 Å². The molecule has 0 saturated carbocycles. The van der Waals surface area contributed by atoms with Crippen molar-refractivity contribution in [1.29, 1.82) is 0 Å². The van der Waals surface area contributed by atoms with Gasteiger partial charge in [0.2, 0.25) is 10.0 Å². The van der Waals surface area contributed by atoms with Gasteiger partial charge in [-0.1, -0.05) is 0 Å².